The van der Waals surface area contributed by atoms with Crippen LogP contribution in [0.25, 0.3) is 0 Å². The van der Waals surface area contributed by atoms with Crippen LogP contribution in [0.15, 0.2) is 0 Å². The van der Waals surface area contributed by atoms with Crippen LogP contribution in [0.3, 0.4) is 0 Å². The maximum Gasteiger partial charge on any atom is 0.0852 e. The van der Waals surface area contributed by atoms with Gasteiger partial charge in [0.25, 0.3) is 0 Å². The molecule has 0 heterocycles. The van der Waals surface area contributed by atoms with E-state index < -0.39 is 0 Å². The number of hydrogen-bond donors (Lipinski definition) is 1. The summed E-state index contributed by atoms with van der Waals surface area (Å²) < 4.78 is 11.1. The van der Waals surface area contributed by atoms with E-state index in [0.29, 0.717) is 6.61 Å². The van der Waals surface area contributed by atoms with E-state index in [1.165, 1.54) is 0 Å². The normalized spacial score (nSPS) is 29.6. The standard InChI is InChI=1S/C13H26O3/c1-12(2)7-6-10(11(12)14)16-9-8-13(3,4)15-5/h10-11,14H,6-9H2,1-5H3. The minimum absolute atomic E-state index is 0.00143. The second-order valence-corrected chi connectivity index (χ2v) is 6.10. The summed E-state index contributed by atoms with van der Waals surface area (Å²) in [6, 6.07) is 0. The molecule has 0 aliphatic heterocycles. The van der Waals surface area contributed by atoms with Gasteiger partial charge in [-0.2, -0.15) is 0 Å². The lowest BCUT2D eigenvalue weighted by molar-refractivity contribution is -0.0703. The zero-order chi connectivity index (χ0) is 12.4. The average Bonchev–Trinajstić information content (AvgIpc) is 2.45. The molecule has 1 aliphatic rings. The van der Waals surface area contributed by atoms with Gasteiger partial charge < -0.3 is 14.6 Å². The summed E-state index contributed by atoms with van der Waals surface area (Å²) >= 11 is 0. The first-order valence-corrected chi connectivity index (χ1v) is 6.13. The molecule has 96 valence electrons. The number of ether oxygens (including phenoxy) is 2. The predicted molar refractivity (Wildman–Crippen MR) is 64.5 cm³/mol. The van der Waals surface area contributed by atoms with Gasteiger partial charge in [0.2, 0.25) is 0 Å². The second kappa shape index (κ2) is 5.03. The highest BCUT2D eigenvalue weighted by Gasteiger charge is 2.41. The van der Waals surface area contributed by atoms with Gasteiger partial charge in [0, 0.05) is 13.7 Å². The van der Waals surface area contributed by atoms with Gasteiger partial charge >= 0.3 is 0 Å². The van der Waals surface area contributed by atoms with E-state index in [2.05, 4.69) is 13.8 Å². The first-order valence-electron chi connectivity index (χ1n) is 6.13. The van der Waals surface area contributed by atoms with Crippen LogP contribution in [0.1, 0.15) is 47.0 Å². The van der Waals surface area contributed by atoms with E-state index in [1.54, 1.807) is 7.11 Å². The van der Waals surface area contributed by atoms with Gasteiger partial charge in [-0.1, -0.05) is 13.8 Å². The SMILES string of the molecule is COC(C)(C)CCOC1CCC(C)(C)C1O. The summed E-state index contributed by atoms with van der Waals surface area (Å²) in [5.74, 6) is 0. The Bertz CT molecular complexity index is 223. The lowest BCUT2D eigenvalue weighted by Crippen LogP contribution is -2.34. The van der Waals surface area contributed by atoms with Crippen LogP contribution in [-0.2, 0) is 9.47 Å². The minimum Gasteiger partial charge on any atom is -0.390 e. The van der Waals surface area contributed by atoms with Gasteiger partial charge in [0.1, 0.15) is 0 Å². The van der Waals surface area contributed by atoms with Crippen LogP contribution < -0.4 is 0 Å². The average molecular weight is 230 g/mol. The second-order valence-electron chi connectivity index (χ2n) is 6.10. The Hall–Kier alpha value is -0.120. The third-order valence-corrected chi connectivity index (χ3v) is 3.81. The minimum atomic E-state index is -0.335. The maximum absolute atomic E-state index is 10.0. The maximum atomic E-state index is 10.0. The Morgan fingerprint density at radius 3 is 2.44 bits per heavy atom. The lowest BCUT2D eigenvalue weighted by atomic mass is 9.89. The van der Waals surface area contributed by atoms with Gasteiger partial charge in [0.15, 0.2) is 0 Å². The van der Waals surface area contributed by atoms with Crippen LogP contribution in [0.2, 0.25) is 0 Å². The highest BCUT2D eigenvalue weighted by atomic mass is 16.5. The zero-order valence-corrected chi connectivity index (χ0v) is 11.2. The molecule has 0 aromatic carbocycles. The summed E-state index contributed by atoms with van der Waals surface area (Å²) in [5, 5.41) is 10.0. The van der Waals surface area contributed by atoms with Crippen LogP contribution in [0.4, 0.5) is 0 Å². The lowest BCUT2D eigenvalue weighted by Gasteiger charge is -2.27. The van der Waals surface area contributed by atoms with Gasteiger partial charge in [0.05, 0.1) is 17.8 Å². The molecule has 1 aliphatic carbocycles. The van der Waals surface area contributed by atoms with E-state index in [0.717, 1.165) is 19.3 Å². The highest BCUT2D eigenvalue weighted by molar-refractivity contribution is 4.92. The van der Waals surface area contributed by atoms with Gasteiger partial charge in [-0.15, -0.1) is 0 Å². The Morgan fingerprint density at radius 2 is 2.00 bits per heavy atom. The smallest absolute Gasteiger partial charge is 0.0852 e. The third-order valence-electron chi connectivity index (χ3n) is 3.81. The van der Waals surface area contributed by atoms with E-state index in [1.807, 2.05) is 13.8 Å². The molecule has 0 aromatic heterocycles. The number of methoxy groups -OCH3 is 1. The zero-order valence-electron chi connectivity index (χ0n) is 11.2. The molecule has 0 amide bonds. The van der Waals surface area contributed by atoms with E-state index in [9.17, 15) is 5.11 Å². The first kappa shape index (κ1) is 13.9. The molecule has 1 fully saturated rings. The van der Waals surface area contributed by atoms with Gasteiger partial charge in [-0.25, -0.2) is 0 Å². The van der Waals surface area contributed by atoms with Crippen LogP contribution in [0, 0.1) is 5.41 Å². The molecule has 2 atom stereocenters. The molecule has 1 N–H and O–H groups in total. The highest BCUT2D eigenvalue weighted by Crippen LogP contribution is 2.39. The van der Waals surface area contributed by atoms with E-state index in [4.69, 9.17) is 9.47 Å². The fourth-order valence-corrected chi connectivity index (χ4v) is 2.06. The fraction of sp³-hybridized carbons (Fsp3) is 1.00. The van der Waals surface area contributed by atoms with Crippen molar-refractivity contribution >= 4 is 0 Å². The van der Waals surface area contributed by atoms with Crippen molar-refractivity contribution in [2.75, 3.05) is 13.7 Å². The Morgan fingerprint density at radius 1 is 1.38 bits per heavy atom. The molecule has 2 unspecified atom stereocenters. The Labute approximate surface area is 99.1 Å². The Balaban J connectivity index is 2.30. The molecule has 3 nitrogen and oxygen atoms in total. The quantitative estimate of drug-likeness (QED) is 0.788. The summed E-state index contributed by atoms with van der Waals surface area (Å²) in [4.78, 5) is 0. The molecular formula is C13H26O3. The molecular weight excluding hydrogens is 204 g/mol. The third kappa shape index (κ3) is 3.44. The topological polar surface area (TPSA) is 38.7 Å². The number of aliphatic hydroxyl groups is 1. The molecule has 0 aromatic rings. The Kier molecular flexibility index (Phi) is 4.38. The molecule has 0 spiro atoms. The number of aliphatic hydroxyl groups excluding tert-OH is 1. The summed E-state index contributed by atoms with van der Waals surface area (Å²) in [7, 11) is 1.72. The van der Waals surface area contributed by atoms with Crippen molar-refractivity contribution in [2.24, 2.45) is 5.41 Å². The van der Waals surface area contributed by atoms with Crippen molar-refractivity contribution in [3.8, 4) is 0 Å². The van der Waals surface area contributed by atoms with Gasteiger partial charge in [-0.05, 0) is 38.5 Å². The largest absolute Gasteiger partial charge is 0.390 e. The predicted octanol–water partition coefficient (Wildman–Crippen LogP) is 2.37. The van der Waals surface area contributed by atoms with Crippen molar-refractivity contribution < 1.29 is 14.6 Å². The van der Waals surface area contributed by atoms with Crippen molar-refractivity contribution in [1.29, 1.82) is 0 Å². The van der Waals surface area contributed by atoms with Crippen molar-refractivity contribution in [2.45, 2.75) is 64.8 Å². The van der Waals surface area contributed by atoms with Crippen LogP contribution in [0.5, 0.6) is 0 Å². The monoisotopic (exact) mass is 230 g/mol. The molecule has 3 heteroatoms. The van der Waals surface area contributed by atoms with E-state index in [-0.39, 0.29) is 23.2 Å². The van der Waals surface area contributed by atoms with Crippen LogP contribution in [-0.4, -0.2) is 36.6 Å². The summed E-state index contributed by atoms with van der Waals surface area (Å²) in [6.07, 6.45) is 2.52. The molecule has 0 bridgehead atoms. The fourth-order valence-electron chi connectivity index (χ4n) is 2.06. The van der Waals surface area contributed by atoms with Crippen molar-refractivity contribution in [3.63, 3.8) is 0 Å². The molecule has 0 radical (unpaired) electrons. The molecule has 16 heavy (non-hydrogen) atoms. The molecule has 0 saturated heterocycles. The first-order chi connectivity index (χ1) is 7.28. The number of hydrogen-bond acceptors (Lipinski definition) is 3. The van der Waals surface area contributed by atoms with Gasteiger partial charge in [-0.3, -0.25) is 0 Å². The van der Waals surface area contributed by atoms with E-state index >= 15 is 0 Å². The summed E-state index contributed by atoms with van der Waals surface area (Å²) in [5.41, 5.74) is -0.138. The van der Waals surface area contributed by atoms with Crippen molar-refractivity contribution in [3.05, 3.63) is 0 Å². The van der Waals surface area contributed by atoms with Crippen molar-refractivity contribution in [1.82, 2.24) is 0 Å². The van der Waals surface area contributed by atoms with Crippen LogP contribution >= 0.6 is 0 Å². The molecule has 1 saturated carbocycles. The molecule has 1 rings (SSSR count). The summed E-state index contributed by atoms with van der Waals surface area (Å²) in [6.45, 7) is 8.94. The number of rotatable bonds is 5.